The number of nitrogens with zero attached hydrogens (tertiary/aromatic N) is 1. The van der Waals surface area contributed by atoms with E-state index in [9.17, 15) is 0 Å². The minimum absolute atomic E-state index is 0.792. The van der Waals surface area contributed by atoms with E-state index in [0.717, 1.165) is 19.0 Å². The Balaban J connectivity index is 1.53. The Morgan fingerprint density at radius 1 is 1.38 bits per heavy atom. The zero-order chi connectivity index (χ0) is 11.2. The fourth-order valence-electron chi connectivity index (χ4n) is 2.48. The maximum atomic E-state index is 3.67. The Hall–Kier alpha value is -0.740. The zero-order valence-electron chi connectivity index (χ0n) is 10.3. The lowest BCUT2D eigenvalue weighted by Crippen LogP contribution is -2.34. The van der Waals surface area contributed by atoms with E-state index < -0.39 is 0 Å². The Morgan fingerprint density at radius 2 is 2.19 bits per heavy atom. The summed E-state index contributed by atoms with van der Waals surface area (Å²) in [5.41, 5.74) is 7.47. The molecule has 2 rings (SSSR count). The van der Waals surface area contributed by atoms with Gasteiger partial charge in [0.1, 0.15) is 0 Å². The number of hydrogen-bond acceptors (Lipinski definition) is 4. The molecule has 1 aliphatic heterocycles. The van der Waals surface area contributed by atoms with Crippen molar-refractivity contribution in [2.24, 2.45) is 0 Å². The largest absolute Gasteiger partial charge is 0.314 e. The molecule has 0 spiro atoms. The van der Waals surface area contributed by atoms with E-state index in [1.807, 2.05) is 12.1 Å². The molecule has 0 unspecified atom stereocenters. The smallest absolute Gasteiger partial charge is 0.0453 e. The molecule has 16 heavy (non-hydrogen) atoms. The van der Waals surface area contributed by atoms with Gasteiger partial charge in [0.2, 0.25) is 0 Å². The number of rotatable bonds is 5. The van der Waals surface area contributed by atoms with Gasteiger partial charge in [-0.3, -0.25) is 5.01 Å². The summed E-state index contributed by atoms with van der Waals surface area (Å²) in [6.07, 6.45) is 11.5. The van der Waals surface area contributed by atoms with E-state index in [2.05, 4.69) is 22.5 Å². The van der Waals surface area contributed by atoms with E-state index in [0.29, 0.717) is 0 Å². The summed E-state index contributed by atoms with van der Waals surface area (Å²) < 4.78 is 0. The predicted octanol–water partition coefficient (Wildman–Crippen LogP) is 1.48. The lowest BCUT2D eigenvalue weighted by molar-refractivity contribution is 0.326. The molecular formula is C12H24N4. The Kier molecular flexibility index (Phi) is 4.48. The van der Waals surface area contributed by atoms with Crippen molar-refractivity contribution in [3.05, 3.63) is 11.9 Å². The van der Waals surface area contributed by atoms with Crippen LogP contribution in [0, 0.1) is 0 Å². The van der Waals surface area contributed by atoms with E-state index >= 15 is 0 Å². The average Bonchev–Trinajstić information content (AvgIpc) is 2.72. The van der Waals surface area contributed by atoms with Gasteiger partial charge in [-0.1, -0.05) is 19.3 Å². The monoisotopic (exact) mass is 224 g/mol. The molecule has 1 fully saturated rings. The third kappa shape index (κ3) is 3.68. The summed E-state index contributed by atoms with van der Waals surface area (Å²) in [6, 6.07) is 0.792. The molecule has 1 aliphatic carbocycles. The molecule has 4 heteroatoms. The molecule has 3 N–H and O–H groups in total. The first kappa shape index (κ1) is 11.7. The van der Waals surface area contributed by atoms with Crippen molar-refractivity contribution in [1.82, 2.24) is 21.3 Å². The summed E-state index contributed by atoms with van der Waals surface area (Å²) in [7, 11) is 2.00. The first-order valence-corrected chi connectivity index (χ1v) is 6.53. The molecule has 92 valence electrons. The maximum Gasteiger partial charge on any atom is 0.0453 e. The lowest BCUT2D eigenvalue weighted by atomic mass is 9.95. The van der Waals surface area contributed by atoms with Crippen molar-refractivity contribution in [2.75, 3.05) is 13.6 Å². The van der Waals surface area contributed by atoms with Gasteiger partial charge in [0.25, 0.3) is 0 Å². The van der Waals surface area contributed by atoms with Gasteiger partial charge in [0.15, 0.2) is 0 Å². The van der Waals surface area contributed by atoms with Crippen LogP contribution in [0.15, 0.2) is 11.9 Å². The number of allylic oxidation sites excluding steroid dienone is 1. The van der Waals surface area contributed by atoms with Crippen LogP contribution in [0.4, 0.5) is 0 Å². The van der Waals surface area contributed by atoms with E-state index in [-0.39, 0.29) is 0 Å². The molecule has 0 radical (unpaired) electrons. The van der Waals surface area contributed by atoms with Crippen molar-refractivity contribution >= 4 is 0 Å². The highest BCUT2D eigenvalue weighted by atomic mass is 15.7. The second-order valence-corrected chi connectivity index (χ2v) is 4.89. The van der Waals surface area contributed by atoms with Crippen molar-refractivity contribution in [1.29, 1.82) is 0 Å². The third-order valence-corrected chi connectivity index (χ3v) is 3.40. The van der Waals surface area contributed by atoms with Crippen LogP contribution in [0.3, 0.4) is 0 Å². The van der Waals surface area contributed by atoms with Gasteiger partial charge in [-0.05, 0) is 32.2 Å². The molecule has 0 amide bonds. The quantitative estimate of drug-likeness (QED) is 0.619. The minimum Gasteiger partial charge on any atom is -0.314 e. The summed E-state index contributed by atoms with van der Waals surface area (Å²) >= 11 is 0. The van der Waals surface area contributed by atoms with Crippen molar-refractivity contribution < 1.29 is 0 Å². The van der Waals surface area contributed by atoms with Gasteiger partial charge in [0.05, 0.1) is 0 Å². The van der Waals surface area contributed by atoms with Crippen LogP contribution >= 0.6 is 0 Å². The number of hydrogen-bond donors (Lipinski definition) is 3. The fraction of sp³-hybridized carbons (Fsp3) is 0.833. The van der Waals surface area contributed by atoms with Gasteiger partial charge in [-0.2, -0.15) is 0 Å². The van der Waals surface area contributed by atoms with E-state index in [4.69, 9.17) is 0 Å². The van der Waals surface area contributed by atoms with Crippen molar-refractivity contribution in [2.45, 2.75) is 51.0 Å². The fourth-order valence-corrected chi connectivity index (χ4v) is 2.48. The Morgan fingerprint density at radius 3 is 2.88 bits per heavy atom. The molecule has 1 saturated carbocycles. The molecule has 2 aliphatic rings. The summed E-state index contributed by atoms with van der Waals surface area (Å²) in [4.78, 5) is 0. The Bertz CT molecular complexity index is 233. The molecule has 0 aromatic rings. The van der Waals surface area contributed by atoms with E-state index in [1.165, 1.54) is 44.2 Å². The molecule has 0 aromatic heterocycles. The van der Waals surface area contributed by atoms with Gasteiger partial charge in [-0.25, -0.2) is 0 Å². The number of nitrogens with one attached hydrogen (secondary N) is 3. The first-order chi connectivity index (χ1) is 7.84. The average molecular weight is 224 g/mol. The van der Waals surface area contributed by atoms with Crippen LogP contribution in [0.1, 0.15) is 44.9 Å². The summed E-state index contributed by atoms with van der Waals surface area (Å²) in [6.45, 7) is 1.15. The van der Waals surface area contributed by atoms with Gasteiger partial charge >= 0.3 is 0 Å². The summed E-state index contributed by atoms with van der Waals surface area (Å²) in [5.74, 6) is 0. The topological polar surface area (TPSA) is 39.3 Å². The van der Waals surface area contributed by atoms with Crippen LogP contribution < -0.4 is 16.3 Å². The number of hydrazine groups is 2. The minimum atomic E-state index is 0.792. The van der Waals surface area contributed by atoms with Gasteiger partial charge in [-0.15, -0.1) is 5.53 Å². The van der Waals surface area contributed by atoms with E-state index in [1.54, 1.807) is 0 Å². The molecular weight excluding hydrogens is 200 g/mol. The highest BCUT2D eigenvalue weighted by Gasteiger charge is 2.12. The third-order valence-electron chi connectivity index (χ3n) is 3.40. The first-order valence-electron chi connectivity index (χ1n) is 6.53. The predicted molar refractivity (Wildman–Crippen MR) is 66.2 cm³/mol. The molecule has 0 saturated heterocycles. The highest BCUT2D eigenvalue weighted by Crippen LogP contribution is 2.17. The van der Waals surface area contributed by atoms with Crippen molar-refractivity contribution in [3.63, 3.8) is 0 Å². The summed E-state index contributed by atoms with van der Waals surface area (Å²) in [5, 5.41) is 5.62. The molecule has 4 nitrogen and oxygen atoms in total. The van der Waals surface area contributed by atoms with Crippen LogP contribution in [-0.4, -0.2) is 24.6 Å². The lowest BCUT2D eigenvalue weighted by Gasteiger charge is -2.22. The molecule has 0 atom stereocenters. The molecule has 0 bridgehead atoms. The molecule has 1 heterocycles. The van der Waals surface area contributed by atoms with Crippen LogP contribution in [-0.2, 0) is 0 Å². The van der Waals surface area contributed by atoms with Gasteiger partial charge < -0.3 is 10.7 Å². The molecule has 0 aromatic carbocycles. The van der Waals surface area contributed by atoms with Gasteiger partial charge in [0, 0.05) is 25.0 Å². The normalized spacial score (nSPS) is 22.1. The Labute approximate surface area is 98.4 Å². The zero-order valence-corrected chi connectivity index (χ0v) is 10.3. The maximum absolute atomic E-state index is 3.67. The highest BCUT2D eigenvalue weighted by molar-refractivity contribution is 5.00. The van der Waals surface area contributed by atoms with Crippen molar-refractivity contribution in [3.8, 4) is 0 Å². The second kappa shape index (κ2) is 6.11. The van der Waals surface area contributed by atoms with Crippen LogP contribution in [0.2, 0.25) is 0 Å². The van der Waals surface area contributed by atoms with Crippen LogP contribution in [0.5, 0.6) is 0 Å². The standard InChI is InChI=1S/C12H24N4/c1-16-10-12(14-15-16)8-5-9-13-11-6-3-2-4-7-11/h10-11,13-15H,2-9H2,1H3. The second-order valence-electron chi connectivity index (χ2n) is 4.89. The SMILES string of the molecule is CN1C=C(CCCNC2CCCCC2)NN1. The van der Waals surface area contributed by atoms with Crippen LogP contribution in [0.25, 0.3) is 0 Å².